The smallest absolute Gasteiger partial charge is 0.383 e. The maximum atomic E-state index is 15.2. The summed E-state index contributed by atoms with van der Waals surface area (Å²) in [5.41, 5.74) is 6.96. The molecule has 0 atom stereocenters. The molecule has 1 fully saturated rings. The van der Waals surface area contributed by atoms with Gasteiger partial charge < -0.3 is 25.8 Å². The molecule has 0 aliphatic carbocycles. The second kappa shape index (κ2) is 11.6. The molecule has 9 nitrogen and oxygen atoms in total. The molecular weight excluding hydrogens is 552 g/mol. The van der Waals surface area contributed by atoms with Crippen LogP contribution in [0.25, 0.3) is 22.2 Å². The van der Waals surface area contributed by atoms with Crippen LogP contribution in [0.1, 0.15) is 31.0 Å². The summed E-state index contributed by atoms with van der Waals surface area (Å²) in [6, 6.07) is 7.10. The van der Waals surface area contributed by atoms with E-state index in [1.54, 1.807) is 6.07 Å². The highest BCUT2D eigenvalue weighted by atomic mass is 19.4. The second-order valence-electron chi connectivity index (χ2n) is 10.7. The highest BCUT2D eigenvalue weighted by molar-refractivity contribution is 6.02. The fourth-order valence-electron chi connectivity index (χ4n) is 5.09. The van der Waals surface area contributed by atoms with E-state index in [-0.39, 0.29) is 35.3 Å². The highest BCUT2D eigenvalue weighted by Crippen LogP contribution is 2.36. The van der Waals surface area contributed by atoms with Crippen LogP contribution in [0.15, 0.2) is 48.9 Å². The number of nitrogens with two attached hydrogens (primary N) is 1. The number of halogens is 4. The Balaban J connectivity index is 1.33. The average molecular weight is 585 g/mol. The van der Waals surface area contributed by atoms with E-state index in [1.807, 2.05) is 36.6 Å². The molecule has 2 aromatic heterocycles. The summed E-state index contributed by atoms with van der Waals surface area (Å²) in [4.78, 5) is 25.1. The highest BCUT2D eigenvalue weighted by Gasteiger charge is 2.34. The van der Waals surface area contributed by atoms with Gasteiger partial charge in [-0.3, -0.25) is 4.90 Å². The van der Waals surface area contributed by atoms with Crippen molar-refractivity contribution < 1.29 is 22.4 Å². The molecule has 2 aromatic carbocycles. The SMILES string of the molecule is CC(C)n1cc(-c2ccc(NC(=O)Nc3ccc(CN4CCN(C)CC4)c(C(F)(F)F)c3)c(F)c2)c2c(N)ncnc21. The van der Waals surface area contributed by atoms with E-state index < -0.39 is 23.6 Å². The predicted octanol–water partition coefficient (Wildman–Crippen LogP) is 5.81. The van der Waals surface area contributed by atoms with Gasteiger partial charge in [-0.15, -0.1) is 0 Å². The number of nitrogen functional groups attached to an aromatic ring is 1. The Kier molecular flexibility index (Phi) is 8.06. The standard InChI is InChI=1S/C29H32F4N8O/c1-17(2)41-15-21(25-26(34)35-16-36-27(25)41)18-5-7-24(23(30)12-18)38-28(42)37-20-6-4-19(22(13-20)29(31,32)33)14-40-10-8-39(3)9-11-40/h4-7,12-13,15-17H,8-11,14H2,1-3H3,(H2,34,35,36)(H2,37,38,42). The molecular formula is C29H32F4N8O. The molecule has 5 rings (SSSR count). The minimum absolute atomic E-state index is 0.0590. The minimum atomic E-state index is -4.61. The summed E-state index contributed by atoms with van der Waals surface area (Å²) < 4.78 is 58.8. The summed E-state index contributed by atoms with van der Waals surface area (Å²) in [7, 11) is 1.97. The number of nitrogens with zero attached hydrogens (tertiary/aromatic N) is 5. The first kappa shape index (κ1) is 29.3. The number of anilines is 3. The monoisotopic (exact) mass is 584 g/mol. The number of piperazine rings is 1. The Bertz CT molecular complexity index is 1610. The molecule has 42 heavy (non-hydrogen) atoms. The van der Waals surface area contributed by atoms with Crippen LogP contribution in [-0.4, -0.2) is 63.6 Å². The van der Waals surface area contributed by atoms with Crippen molar-refractivity contribution in [2.75, 3.05) is 49.6 Å². The number of benzene rings is 2. The number of hydrogen-bond donors (Lipinski definition) is 3. The molecule has 0 spiro atoms. The van der Waals surface area contributed by atoms with E-state index >= 15 is 4.39 Å². The van der Waals surface area contributed by atoms with Gasteiger partial charge in [-0.05, 0) is 56.3 Å². The van der Waals surface area contributed by atoms with Gasteiger partial charge in [0.1, 0.15) is 23.6 Å². The molecule has 4 aromatic rings. The van der Waals surface area contributed by atoms with Crippen molar-refractivity contribution in [2.24, 2.45) is 0 Å². The van der Waals surface area contributed by atoms with Crippen LogP contribution >= 0.6 is 0 Å². The Hall–Kier alpha value is -4.23. The van der Waals surface area contributed by atoms with Crippen molar-refractivity contribution >= 4 is 34.3 Å². The predicted molar refractivity (Wildman–Crippen MR) is 155 cm³/mol. The van der Waals surface area contributed by atoms with Gasteiger partial charge in [0.25, 0.3) is 0 Å². The molecule has 3 heterocycles. The number of amides is 2. The maximum absolute atomic E-state index is 15.2. The van der Waals surface area contributed by atoms with Crippen LogP contribution in [0.4, 0.5) is 39.5 Å². The Morgan fingerprint density at radius 2 is 1.79 bits per heavy atom. The number of carbonyl (C=O) groups is 1. The van der Waals surface area contributed by atoms with E-state index in [9.17, 15) is 18.0 Å². The third-order valence-electron chi connectivity index (χ3n) is 7.39. The summed E-state index contributed by atoms with van der Waals surface area (Å²) in [5, 5.41) is 5.35. The normalized spacial score (nSPS) is 15.0. The topological polar surface area (TPSA) is 104 Å². The Morgan fingerprint density at radius 3 is 2.45 bits per heavy atom. The minimum Gasteiger partial charge on any atom is -0.383 e. The molecule has 1 aliphatic rings. The zero-order chi connectivity index (χ0) is 30.2. The molecule has 1 saturated heterocycles. The van der Waals surface area contributed by atoms with Crippen LogP contribution in [0.3, 0.4) is 0 Å². The van der Waals surface area contributed by atoms with E-state index in [0.717, 1.165) is 19.2 Å². The van der Waals surface area contributed by atoms with Gasteiger partial charge in [0.2, 0.25) is 0 Å². The van der Waals surface area contributed by atoms with E-state index in [4.69, 9.17) is 5.73 Å². The number of likely N-dealkylation sites (N-methyl/N-ethyl adjacent to an activating group) is 1. The van der Waals surface area contributed by atoms with Gasteiger partial charge in [-0.2, -0.15) is 13.2 Å². The summed E-state index contributed by atoms with van der Waals surface area (Å²) in [6.45, 7) is 7.01. The lowest BCUT2D eigenvalue weighted by Gasteiger charge is -2.33. The number of aromatic nitrogens is 3. The fourth-order valence-corrected chi connectivity index (χ4v) is 5.09. The molecule has 0 bridgehead atoms. The quantitative estimate of drug-likeness (QED) is 0.247. The van der Waals surface area contributed by atoms with Crippen LogP contribution in [0.2, 0.25) is 0 Å². The fraction of sp³-hybridized carbons (Fsp3) is 0.345. The number of urea groups is 1. The van der Waals surface area contributed by atoms with Gasteiger partial charge in [0.05, 0.1) is 16.6 Å². The number of hydrogen-bond acceptors (Lipinski definition) is 6. The average Bonchev–Trinajstić information content (AvgIpc) is 3.33. The van der Waals surface area contributed by atoms with Gasteiger partial charge in [0, 0.05) is 56.2 Å². The molecule has 0 saturated carbocycles. The van der Waals surface area contributed by atoms with Crippen molar-refractivity contribution in [3.63, 3.8) is 0 Å². The first-order valence-corrected chi connectivity index (χ1v) is 13.5. The van der Waals surface area contributed by atoms with Gasteiger partial charge in [-0.1, -0.05) is 12.1 Å². The van der Waals surface area contributed by atoms with Crippen molar-refractivity contribution in [1.82, 2.24) is 24.3 Å². The number of carbonyl (C=O) groups excluding carboxylic acids is 1. The molecule has 2 amide bonds. The van der Waals surface area contributed by atoms with Gasteiger partial charge in [0.15, 0.2) is 0 Å². The molecule has 0 unspecified atom stereocenters. The van der Waals surface area contributed by atoms with Crippen molar-refractivity contribution in [2.45, 2.75) is 32.6 Å². The van der Waals surface area contributed by atoms with E-state index in [0.29, 0.717) is 35.2 Å². The van der Waals surface area contributed by atoms with Crippen LogP contribution in [-0.2, 0) is 12.7 Å². The first-order valence-electron chi connectivity index (χ1n) is 13.5. The number of alkyl halides is 3. The molecule has 0 radical (unpaired) electrons. The zero-order valence-electron chi connectivity index (χ0n) is 23.5. The van der Waals surface area contributed by atoms with Crippen LogP contribution < -0.4 is 16.4 Å². The third kappa shape index (κ3) is 6.16. The van der Waals surface area contributed by atoms with Crippen molar-refractivity contribution in [3.8, 4) is 11.1 Å². The van der Waals surface area contributed by atoms with Gasteiger partial charge in [-0.25, -0.2) is 19.2 Å². The van der Waals surface area contributed by atoms with Crippen LogP contribution in [0, 0.1) is 5.82 Å². The summed E-state index contributed by atoms with van der Waals surface area (Å²) in [6.07, 6.45) is -1.42. The Morgan fingerprint density at radius 1 is 1.05 bits per heavy atom. The summed E-state index contributed by atoms with van der Waals surface area (Å²) in [5.74, 6) is -0.480. The molecule has 1 aliphatic heterocycles. The number of fused-ring (bicyclic) bond motifs is 1. The van der Waals surface area contributed by atoms with Crippen LogP contribution in [0.5, 0.6) is 0 Å². The van der Waals surface area contributed by atoms with E-state index in [1.165, 1.54) is 30.6 Å². The lowest BCUT2D eigenvalue weighted by atomic mass is 10.0. The largest absolute Gasteiger partial charge is 0.416 e. The van der Waals surface area contributed by atoms with Crippen molar-refractivity contribution in [3.05, 3.63) is 65.9 Å². The van der Waals surface area contributed by atoms with Gasteiger partial charge >= 0.3 is 12.2 Å². The first-order chi connectivity index (χ1) is 19.9. The number of nitrogens with one attached hydrogen (secondary N) is 2. The molecule has 222 valence electrons. The van der Waals surface area contributed by atoms with Crippen molar-refractivity contribution in [1.29, 1.82) is 0 Å². The lowest BCUT2D eigenvalue weighted by molar-refractivity contribution is -0.138. The third-order valence-corrected chi connectivity index (χ3v) is 7.39. The second-order valence-corrected chi connectivity index (χ2v) is 10.7. The summed E-state index contributed by atoms with van der Waals surface area (Å²) >= 11 is 0. The van der Waals surface area contributed by atoms with E-state index in [2.05, 4.69) is 25.5 Å². The lowest BCUT2D eigenvalue weighted by Crippen LogP contribution is -2.44. The Labute approximate surface area is 240 Å². The molecule has 4 N–H and O–H groups in total. The zero-order valence-corrected chi connectivity index (χ0v) is 23.5. The maximum Gasteiger partial charge on any atom is 0.416 e. The molecule has 13 heteroatoms. The number of rotatable bonds is 6.